The summed E-state index contributed by atoms with van der Waals surface area (Å²) in [7, 11) is 2.03. The second kappa shape index (κ2) is 11.5. The van der Waals surface area contributed by atoms with Crippen LogP contribution in [0.2, 0.25) is 0 Å². The number of rotatable bonds is 8. The van der Waals surface area contributed by atoms with E-state index in [4.69, 9.17) is 14.7 Å². The summed E-state index contributed by atoms with van der Waals surface area (Å²) in [6.07, 6.45) is 1.74. The van der Waals surface area contributed by atoms with Crippen molar-refractivity contribution in [2.24, 2.45) is 12.0 Å². The highest BCUT2D eigenvalue weighted by Crippen LogP contribution is 2.19. The zero-order chi connectivity index (χ0) is 19.8. The van der Waals surface area contributed by atoms with E-state index in [0.717, 1.165) is 40.7 Å². The molecule has 0 aliphatic rings. The Morgan fingerprint density at radius 2 is 1.93 bits per heavy atom. The lowest BCUT2D eigenvalue weighted by atomic mass is 10.2. The van der Waals surface area contributed by atoms with E-state index in [2.05, 4.69) is 27.8 Å². The highest BCUT2D eigenvalue weighted by Gasteiger charge is 2.08. The van der Waals surface area contributed by atoms with Gasteiger partial charge in [-0.1, -0.05) is 43.0 Å². The number of aliphatic imine (C=N–C) groups is 1. The Bertz CT molecular complexity index is 967. The zero-order valence-corrected chi connectivity index (χ0v) is 19.2. The number of ether oxygens (including phenoxy) is 1. The molecule has 0 bridgehead atoms. The Hall–Kier alpha value is -2.55. The van der Waals surface area contributed by atoms with Crippen LogP contribution in [0.1, 0.15) is 18.3 Å². The van der Waals surface area contributed by atoms with Crippen LogP contribution in [-0.4, -0.2) is 28.7 Å². The first-order valence-electron chi connectivity index (χ1n) is 9.47. The van der Waals surface area contributed by atoms with Crippen LogP contribution in [0.15, 0.2) is 66.2 Å². The minimum atomic E-state index is 0. The predicted molar refractivity (Wildman–Crippen MR) is 130 cm³/mol. The molecule has 0 amide bonds. The minimum Gasteiger partial charge on any atom is -0.489 e. The smallest absolute Gasteiger partial charge is 0.191 e. The summed E-state index contributed by atoms with van der Waals surface area (Å²) in [5.41, 5.74) is 3.15. The molecular weight excluding hydrogens is 477 g/mol. The lowest BCUT2D eigenvalue weighted by molar-refractivity contribution is 0.359. The van der Waals surface area contributed by atoms with Gasteiger partial charge in [0.25, 0.3) is 0 Å². The van der Waals surface area contributed by atoms with Gasteiger partial charge in [-0.05, 0) is 25.1 Å². The van der Waals surface area contributed by atoms with Crippen molar-refractivity contribution in [1.82, 2.24) is 20.2 Å². The van der Waals surface area contributed by atoms with Crippen molar-refractivity contribution in [3.63, 3.8) is 0 Å². The number of guanidine groups is 1. The molecule has 2 N–H and O–H groups in total. The van der Waals surface area contributed by atoms with E-state index < -0.39 is 0 Å². The fraction of sp³-hybridized carbons (Fsp3) is 0.273. The van der Waals surface area contributed by atoms with Gasteiger partial charge in [0.2, 0.25) is 0 Å². The van der Waals surface area contributed by atoms with Crippen LogP contribution in [-0.2, 0) is 20.1 Å². The third-order valence-corrected chi connectivity index (χ3v) is 4.37. The first kappa shape index (κ1) is 22.7. The molecule has 0 atom stereocenters. The molecule has 0 aliphatic heterocycles. The maximum Gasteiger partial charge on any atom is 0.191 e. The largest absolute Gasteiger partial charge is 0.489 e. The van der Waals surface area contributed by atoms with Gasteiger partial charge in [-0.25, -0.2) is 9.98 Å². The summed E-state index contributed by atoms with van der Waals surface area (Å²) in [6, 6.07) is 16.1. The maximum absolute atomic E-state index is 5.72. The average Bonchev–Trinajstić information content (AvgIpc) is 3.05. The van der Waals surface area contributed by atoms with Gasteiger partial charge < -0.3 is 19.9 Å². The average molecular weight is 505 g/mol. The van der Waals surface area contributed by atoms with E-state index in [0.29, 0.717) is 19.7 Å². The third-order valence-electron chi connectivity index (χ3n) is 4.37. The quantitative estimate of drug-likeness (QED) is 0.210. The van der Waals surface area contributed by atoms with E-state index in [1.807, 2.05) is 56.4 Å². The molecule has 1 aromatic heterocycles. The number of benzene rings is 2. The van der Waals surface area contributed by atoms with Crippen LogP contribution >= 0.6 is 24.0 Å². The number of halogens is 1. The van der Waals surface area contributed by atoms with Crippen LogP contribution in [0.5, 0.6) is 5.75 Å². The molecule has 0 saturated heterocycles. The molecule has 0 spiro atoms. The molecule has 0 aliphatic carbocycles. The molecule has 154 valence electrons. The summed E-state index contributed by atoms with van der Waals surface area (Å²) >= 11 is 0. The summed E-state index contributed by atoms with van der Waals surface area (Å²) < 4.78 is 7.82. The van der Waals surface area contributed by atoms with E-state index in [1.165, 1.54) is 0 Å². The van der Waals surface area contributed by atoms with Gasteiger partial charge in [0.1, 0.15) is 18.2 Å². The van der Waals surface area contributed by atoms with Gasteiger partial charge in [-0.2, -0.15) is 0 Å². The molecule has 1 heterocycles. The van der Waals surface area contributed by atoms with Crippen molar-refractivity contribution in [1.29, 1.82) is 0 Å². The third kappa shape index (κ3) is 5.96. The number of para-hydroxylation sites is 3. The van der Waals surface area contributed by atoms with Gasteiger partial charge in [0.05, 0.1) is 24.1 Å². The lowest BCUT2D eigenvalue weighted by Crippen LogP contribution is -2.37. The van der Waals surface area contributed by atoms with Crippen molar-refractivity contribution in [2.75, 3.05) is 13.2 Å². The molecule has 3 rings (SSSR count). The van der Waals surface area contributed by atoms with Crippen LogP contribution in [0.3, 0.4) is 0 Å². The maximum atomic E-state index is 5.72. The fourth-order valence-electron chi connectivity index (χ4n) is 2.95. The highest BCUT2D eigenvalue weighted by molar-refractivity contribution is 14.0. The van der Waals surface area contributed by atoms with Gasteiger partial charge in [-0.15, -0.1) is 24.0 Å². The van der Waals surface area contributed by atoms with Crippen LogP contribution in [0.4, 0.5) is 0 Å². The van der Waals surface area contributed by atoms with Gasteiger partial charge in [0, 0.05) is 19.2 Å². The zero-order valence-electron chi connectivity index (χ0n) is 16.9. The van der Waals surface area contributed by atoms with Crippen molar-refractivity contribution >= 4 is 41.0 Å². The number of nitrogens with one attached hydrogen (secondary N) is 2. The topological polar surface area (TPSA) is 63.5 Å². The molecule has 29 heavy (non-hydrogen) atoms. The second-order valence-electron chi connectivity index (χ2n) is 6.33. The van der Waals surface area contributed by atoms with E-state index in [9.17, 15) is 0 Å². The first-order valence-corrected chi connectivity index (χ1v) is 9.47. The highest BCUT2D eigenvalue weighted by atomic mass is 127. The van der Waals surface area contributed by atoms with Crippen molar-refractivity contribution < 1.29 is 4.74 Å². The van der Waals surface area contributed by atoms with Crippen molar-refractivity contribution in [3.05, 3.63) is 72.6 Å². The predicted octanol–water partition coefficient (Wildman–Crippen LogP) is 4.01. The normalized spacial score (nSPS) is 11.0. The Morgan fingerprint density at radius 1 is 1.17 bits per heavy atom. The summed E-state index contributed by atoms with van der Waals surface area (Å²) in [5.74, 6) is 2.53. The molecule has 0 saturated carbocycles. The number of aromatic nitrogens is 2. The number of imidazole rings is 1. The van der Waals surface area contributed by atoms with Crippen molar-refractivity contribution in [2.45, 2.75) is 20.0 Å². The van der Waals surface area contributed by atoms with Crippen LogP contribution in [0, 0.1) is 0 Å². The molecule has 0 fully saturated rings. The molecule has 7 heteroatoms. The lowest BCUT2D eigenvalue weighted by Gasteiger charge is -2.12. The molecule has 6 nitrogen and oxygen atoms in total. The Morgan fingerprint density at radius 3 is 2.69 bits per heavy atom. The Kier molecular flexibility index (Phi) is 8.98. The molecule has 2 aromatic carbocycles. The number of hydrogen-bond donors (Lipinski definition) is 2. The monoisotopic (exact) mass is 505 g/mol. The number of aryl methyl sites for hydroxylation is 1. The summed E-state index contributed by atoms with van der Waals surface area (Å²) in [5, 5.41) is 6.65. The van der Waals surface area contributed by atoms with Crippen LogP contribution in [0.25, 0.3) is 11.0 Å². The Balaban J connectivity index is 0.00000300. The van der Waals surface area contributed by atoms with E-state index in [1.54, 1.807) is 6.08 Å². The second-order valence-corrected chi connectivity index (χ2v) is 6.33. The standard InChI is InChI=1S/C22H27N5O.HI/c1-4-14-28-20-13-9-6-10-17(20)15-24-22(23-5-2)25-16-21-26-18-11-7-8-12-19(18)27(21)3;/h4,6-13H,1,5,14-16H2,2-3H3,(H2,23,24,25);1H. The first-order chi connectivity index (χ1) is 13.7. The van der Waals surface area contributed by atoms with E-state index >= 15 is 0 Å². The van der Waals surface area contributed by atoms with Crippen molar-refractivity contribution in [3.8, 4) is 5.75 Å². The van der Waals surface area contributed by atoms with E-state index in [-0.39, 0.29) is 24.0 Å². The molecule has 0 radical (unpaired) electrons. The minimum absolute atomic E-state index is 0. The number of hydrogen-bond acceptors (Lipinski definition) is 3. The number of fused-ring (bicyclic) bond motifs is 1. The SMILES string of the molecule is C=CCOc1ccccc1CN=C(NCC)NCc1nc2ccccc2n1C.I. The van der Waals surface area contributed by atoms with Gasteiger partial charge >= 0.3 is 0 Å². The summed E-state index contributed by atoms with van der Waals surface area (Å²) in [4.78, 5) is 9.40. The molecule has 0 unspecified atom stereocenters. The van der Waals surface area contributed by atoms with Gasteiger partial charge in [-0.3, -0.25) is 0 Å². The fourth-order valence-corrected chi connectivity index (χ4v) is 2.95. The van der Waals surface area contributed by atoms with Crippen LogP contribution < -0.4 is 15.4 Å². The molecule has 3 aromatic rings. The van der Waals surface area contributed by atoms with Gasteiger partial charge in [0.15, 0.2) is 5.96 Å². The Labute approximate surface area is 189 Å². The summed E-state index contributed by atoms with van der Waals surface area (Å²) in [6.45, 7) is 8.12. The number of nitrogens with zero attached hydrogens (tertiary/aromatic N) is 3. The molecular formula is C22H28IN5O.